The van der Waals surface area contributed by atoms with Crippen molar-refractivity contribution in [3.8, 4) is 0 Å². The van der Waals surface area contributed by atoms with E-state index in [1.165, 1.54) is 0 Å². The van der Waals surface area contributed by atoms with Gasteiger partial charge in [-0.15, -0.1) is 0 Å². The van der Waals surface area contributed by atoms with Gasteiger partial charge in [-0.05, 0) is 19.1 Å². The van der Waals surface area contributed by atoms with E-state index in [0.29, 0.717) is 0 Å². The fraction of sp³-hybridized carbons (Fsp3) is 0.462. The largest absolute Gasteiger partial charge is 0.467 e. The summed E-state index contributed by atoms with van der Waals surface area (Å²) in [6.45, 7) is 2.75. The van der Waals surface area contributed by atoms with Gasteiger partial charge in [-0.2, -0.15) is 0 Å². The molecule has 98 valence electrons. The number of imidazole rings is 1. The van der Waals surface area contributed by atoms with Crippen LogP contribution in [-0.4, -0.2) is 29.3 Å². The van der Waals surface area contributed by atoms with Crippen molar-refractivity contribution >= 4 is 0 Å². The molecule has 0 saturated heterocycles. The fourth-order valence-corrected chi connectivity index (χ4v) is 1.80. The second-order valence-corrected chi connectivity index (χ2v) is 4.30. The SMILES string of the molecule is COC(C)CNC(c1ccco1)c1nccn1C. The van der Waals surface area contributed by atoms with Gasteiger partial charge in [-0.3, -0.25) is 5.32 Å². The fourth-order valence-electron chi connectivity index (χ4n) is 1.80. The Labute approximate surface area is 107 Å². The highest BCUT2D eigenvalue weighted by Crippen LogP contribution is 2.20. The Morgan fingerprint density at radius 1 is 1.56 bits per heavy atom. The normalized spacial score (nSPS) is 14.6. The highest BCUT2D eigenvalue weighted by atomic mass is 16.5. The van der Waals surface area contributed by atoms with E-state index in [1.54, 1.807) is 19.6 Å². The molecule has 0 saturated carbocycles. The van der Waals surface area contributed by atoms with E-state index in [9.17, 15) is 0 Å². The average Bonchev–Trinajstić information content (AvgIpc) is 3.02. The van der Waals surface area contributed by atoms with E-state index in [1.807, 2.05) is 36.9 Å². The maximum Gasteiger partial charge on any atom is 0.133 e. The van der Waals surface area contributed by atoms with Crippen LogP contribution in [0.2, 0.25) is 0 Å². The summed E-state index contributed by atoms with van der Waals surface area (Å²) in [5.74, 6) is 1.78. The molecule has 0 aliphatic heterocycles. The Hall–Kier alpha value is -1.59. The summed E-state index contributed by atoms with van der Waals surface area (Å²) in [5.41, 5.74) is 0. The zero-order chi connectivity index (χ0) is 13.0. The Kier molecular flexibility index (Phi) is 4.17. The number of furan rings is 1. The third kappa shape index (κ3) is 2.80. The van der Waals surface area contributed by atoms with Crippen molar-refractivity contribution < 1.29 is 9.15 Å². The van der Waals surface area contributed by atoms with Crippen LogP contribution in [0.25, 0.3) is 0 Å². The maximum atomic E-state index is 5.48. The number of nitrogens with one attached hydrogen (secondary N) is 1. The van der Waals surface area contributed by atoms with Gasteiger partial charge >= 0.3 is 0 Å². The second kappa shape index (κ2) is 5.84. The van der Waals surface area contributed by atoms with Gasteiger partial charge in [0, 0.05) is 33.1 Å². The van der Waals surface area contributed by atoms with Gasteiger partial charge in [0.15, 0.2) is 0 Å². The first-order chi connectivity index (χ1) is 8.72. The maximum absolute atomic E-state index is 5.48. The Balaban J connectivity index is 2.17. The molecule has 0 amide bonds. The van der Waals surface area contributed by atoms with Crippen LogP contribution in [0.3, 0.4) is 0 Å². The first-order valence-electron chi connectivity index (χ1n) is 5.99. The van der Waals surface area contributed by atoms with Crippen molar-refractivity contribution in [1.29, 1.82) is 0 Å². The first-order valence-corrected chi connectivity index (χ1v) is 5.99. The van der Waals surface area contributed by atoms with E-state index in [4.69, 9.17) is 9.15 Å². The van der Waals surface area contributed by atoms with Crippen LogP contribution in [0.4, 0.5) is 0 Å². The molecule has 2 aromatic heterocycles. The van der Waals surface area contributed by atoms with Gasteiger partial charge in [-0.25, -0.2) is 4.98 Å². The average molecular weight is 249 g/mol. The zero-order valence-electron chi connectivity index (χ0n) is 11.0. The Morgan fingerprint density at radius 2 is 2.39 bits per heavy atom. The van der Waals surface area contributed by atoms with Gasteiger partial charge in [0.25, 0.3) is 0 Å². The number of nitrogens with zero attached hydrogens (tertiary/aromatic N) is 2. The first kappa shape index (κ1) is 12.9. The minimum absolute atomic E-state index is 0.0578. The summed E-state index contributed by atoms with van der Waals surface area (Å²) in [6.07, 6.45) is 5.52. The monoisotopic (exact) mass is 249 g/mol. The number of aryl methyl sites for hydroxylation is 1. The van der Waals surface area contributed by atoms with Crippen LogP contribution in [0.15, 0.2) is 35.2 Å². The van der Waals surface area contributed by atoms with E-state index >= 15 is 0 Å². The van der Waals surface area contributed by atoms with Crippen LogP contribution in [0.5, 0.6) is 0 Å². The third-order valence-corrected chi connectivity index (χ3v) is 2.96. The summed E-state index contributed by atoms with van der Waals surface area (Å²) in [6, 6.07) is 3.77. The second-order valence-electron chi connectivity index (χ2n) is 4.30. The number of hydrogen-bond donors (Lipinski definition) is 1. The number of hydrogen-bond acceptors (Lipinski definition) is 4. The molecular formula is C13H19N3O2. The molecule has 18 heavy (non-hydrogen) atoms. The topological polar surface area (TPSA) is 52.2 Å². The number of aromatic nitrogens is 2. The van der Waals surface area contributed by atoms with E-state index < -0.39 is 0 Å². The lowest BCUT2D eigenvalue weighted by atomic mass is 10.2. The molecule has 2 atom stereocenters. The minimum atomic E-state index is -0.0578. The molecule has 0 aromatic carbocycles. The Morgan fingerprint density at radius 3 is 2.94 bits per heavy atom. The zero-order valence-corrected chi connectivity index (χ0v) is 11.0. The summed E-state index contributed by atoms with van der Waals surface area (Å²) in [5, 5.41) is 3.41. The molecule has 5 heteroatoms. The van der Waals surface area contributed by atoms with Gasteiger partial charge in [0.05, 0.1) is 12.4 Å². The van der Waals surface area contributed by atoms with Crippen molar-refractivity contribution in [3.05, 3.63) is 42.4 Å². The number of rotatable bonds is 6. The van der Waals surface area contributed by atoms with Crippen molar-refractivity contribution in [3.63, 3.8) is 0 Å². The molecule has 2 aromatic rings. The molecular weight excluding hydrogens is 230 g/mol. The van der Waals surface area contributed by atoms with E-state index in [2.05, 4.69) is 10.3 Å². The summed E-state index contributed by atoms with van der Waals surface area (Å²) in [7, 11) is 3.68. The van der Waals surface area contributed by atoms with Gasteiger partial charge in [0.1, 0.15) is 17.6 Å². The predicted molar refractivity (Wildman–Crippen MR) is 68.2 cm³/mol. The van der Waals surface area contributed by atoms with Crippen molar-refractivity contribution in [1.82, 2.24) is 14.9 Å². The number of ether oxygens (including phenoxy) is 1. The molecule has 2 heterocycles. The predicted octanol–water partition coefficient (Wildman–Crippen LogP) is 1.73. The van der Waals surface area contributed by atoms with Crippen LogP contribution in [0.1, 0.15) is 24.6 Å². The summed E-state index contributed by atoms with van der Waals surface area (Å²) < 4.78 is 12.7. The molecule has 0 spiro atoms. The molecule has 1 N–H and O–H groups in total. The number of methoxy groups -OCH3 is 1. The molecule has 2 rings (SSSR count). The van der Waals surface area contributed by atoms with Crippen molar-refractivity contribution in [2.75, 3.05) is 13.7 Å². The molecule has 0 aliphatic carbocycles. The third-order valence-electron chi connectivity index (χ3n) is 2.96. The van der Waals surface area contributed by atoms with Gasteiger partial charge in [0.2, 0.25) is 0 Å². The van der Waals surface area contributed by atoms with E-state index in [0.717, 1.165) is 18.1 Å². The highest BCUT2D eigenvalue weighted by Gasteiger charge is 2.20. The Bertz CT molecular complexity index is 464. The molecule has 0 aliphatic rings. The summed E-state index contributed by atoms with van der Waals surface area (Å²) in [4.78, 5) is 4.38. The molecule has 0 radical (unpaired) electrons. The standard InChI is InChI=1S/C13H19N3O2/c1-10(17-3)9-15-12(11-5-4-8-18-11)13-14-6-7-16(13)2/h4-8,10,12,15H,9H2,1-3H3. The quantitative estimate of drug-likeness (QED) is 0.847. The van der Waals surface area contributed by atoms with Crippen LogP contribution >= 0.6 is 0 Å². The molecule has 2 unspecified atom stereocenters. The van der Waals surface area contributed by atoms with Crippen molar-refractivity contribution in [2.45, 2.75) is 19.1 Å². The van der Waals surface area contributed by atoms with Crippen LogP contribution in [-0.2, 0) is 11.8 Å². The lowest BCUT2D eigenvalue weighted by molar-refractivity contribution is 0.114. The van der Waals surface area contributed by atoms with Gasteiger partial charge < -0.3 is 13.7 Å². The van der Waals surface area contributed by atoms with Crippen LogP contribution < -0.4 is 5.32 Å². The summed E-state index contributed by atoms with van der Waals surface area (Å²) >= 11 is 0. The highest BCUT2D eigenvalue weighted by molar-refractivity contribution is 5.15. The lowest BCUT2D eigenvalue weighted by Crippen LogP contribution is -2.31. The van der Waals surface area contributed by atoms with E-state index in [-0.39, 0.29) is 12.1 Å². The molecule has 0 bridgehead atoms. The van der Waals surface area contributed by atoms with Gasteiger partial charge in [-0.1, -0.05) is 0 Å². The molecule has 5 nitrogen and oxygen atoms in total. The minimum Gasteiger partial charge on any atom is -0.467 e. The smallest absolute Gasteiger partial charge is 0.133 e. The van der Waals surface area contributed by atoms with Crippen LogP contribution in [0, 0.1) is 0 Å². The molecule has 0 fully saturated rings. The lowest BCUT2D eigenvalue weighted by Gasteiger charge is -2.18. The van der Waals surface area contributed by atoms with Crippen molar-refractivity contribution in [2.24, 2.45) is 7.05 Å².